The van der Waals surface area contributed by atoms with E-state index in [1.165, 1.54) is 11.9 Å². The summed E-state index contributed by atoms with van der Waals surface area (Å²) in [6.07, 6.45) is 0.0822. The first-order valence-electron chi connectivity index (χ1n) is 8.61. The Balaban J connectivity index is 1.73. The number of aliphatic imine (C=N–C) groups is 1. The molecule has 5 nitrogen and oxygen atoms in total. The maximum Gasteiger partial charge on any atom is 0.431 e. The van der Waals surface area contributed by atoms with E-state index in [4.69, 9.17) is 0 Å². The monoisotopic (exact) mass is 374 g/mol. The van der Waals surface area contributed by atoms with Crippen LogP contribution in [0.25, 0.3) is 11.0 Å². The van der Waals surface area contributed by atoms with Crippen LogP contribution in [-0.2, 0) is 12.6 Å². The van der Waals surface area contributed by atoms with Gasteiger partial charge in [-0.05, 0) is 36.0 Å². The number of halogens is 3. The standard InChI is InChI=1S/C19H17F3N4O/c20-19(21,22)16-7-14-17(24-10-25-18(14)26-16)23-8-15-12(9-27)6-5-11-3-1-2-4-13(11)15/h1-4,7-8,10,12,15,27H,5-6,9H2,(H,24,25,26)/b23-8+/t12-,15?/m1/s1. The Labute approximate surface area is 153 Å². The van der Waals surface area contributed by atoms with Crippen molar-refractivity contribution in [1.29, 1.82) is 0 Å². The number of hydrogen-bond donors (Lipinski definition) is 2. The fourth-order valence-electron chi connectivity index (χ4n) is 3.60. The molecule has 3 aromatic rings. The van der Waals surface area contributed by atoms with Gasteiger partial charge in [-0.1, -0.05) is 24.3 Å². The summed E-state index contributed by atoms with van der Waals surface area (Å²) >= 11 is 0. The highest BCUT2D eigenvalue weighted by Crippen LogP contribution is 2.36. The van der Waals surface area contributed by atoms with Crippen molar-refractivity contribution in [3.05, 3.63) is 53.5 Å². The van der Waals surface area contributed by atoms with Crippen molar-refractivity contribution in [2.24, 2.45) is 10.9 Å². The Morgan fingerprint density at radius 3 is 2.85 bits per heavy atom. The number of aromatic amines is 1. The molecule has 1 aliphatic rings. The molecule has 8 heteroatoms. The Hall–Kier alpha value is -2.74. The molecule has 1 unspecified atom stereocenters. The Bertz CT molecular complexity index is 996. The molecule has 0 bridgehead atoms. The molecule has 0 radical (unpaired) electrons. The van der Waals surface area contributed by atoms with Crippen LogP contribution >= 0.6 is 0 Å². The van der Waals surface area contributed by atoms with Gasteiger partial charge in [0.25, 0.3) is 0 Å². The molecule has 0 spiro atoms. The Kier molecular flexibility index (Phi) is 4.43. The number of aromatic nitrogens is 3. The largest absolute Gasteiger partial charge is 0.431 e. The summed E-state index contributed by atoms with van der Waals surface area (Å²) in [5.41, 5.74) is 1.49. The van der Waals surface area contributed by atoms with Gasteiger partial charge >= 0.3 is 6.18 Å². The molecule has 2 N–H and O–H groups in total. The average Bonchev–Trinajstić information content (AvgIpc) is 3.11. The number of nitrogens with zero attached hydrogens (tertiary/aromatic N) is 3. The van der Waals surface area contributed by atoms with Gasteiger partial charge in [0, 0.05) is 18.7 Å². The number of rotatable bonds is 3. The van der Waals surface area contributed by atoms with E-state index in [9.17, 15) is 18.3 Å². The van der Waals surface area contributed by atoms with Crippen molar-refractivity contribution in [1.82, 2.24) is 15.0 Å². The topological polar surface area (TPSA) is 74.2 Å². The summed E-state index contributed by atoms with van der Waals surface area (Å²) in [4.78, 5) is 14.5. The summed E-state index contributed by atoms with van der Waals surface area (Å²) in [5, 5.41) is 9.95. The van der Waals surface area contributed by atoms with Crippen molar-refractivity contribution >= 4 is 23.1 Å². The summed E-state index contributed by atoms with van der Waals surface area (Å²) in [6, 6.07) is 8.93. The molecule has 0 saturated carbocycles. The van der Waals surface area contributed by atoms with E-state index in [0.717, 1.165) is 24.5 Å². The number of aliphatic hydroxyl groups is 1. The SMILES string of the molecule is OC[C@H]1CCc2ccccc2C1/C=N/c1ncnc2[nH]c(C(F)(F)F)cc12. The zero-order valence-electron chi connectivity index (χ0n) is 14.2. The van der Waals surface area contributed by atoms with Gasteiger partial charge in [0.05, 0.1) is 5.39 Å². The molecule has 2 atom stereocenters. The van der Waals surface area contributed by atoms with Crippen LogP contribution in [0.15, 0.2) is 41.7 Å². The second-order valence-electron chi connectivity index (χ2n) is 6.62. The van der Waals surface area contributed by atoms with E-state index in [1.807, 2.05) is 18.2 Å². The van der Waals surface area contributed by atoms with E-state index < -0.39 is 11.9 Å². The molecular weight excluding hydrogens is 357 g/mol. The summed E-state index contributed by atoms with van der Waals surface area (Å²) in [6.45, 7) is 0.0204. The fourth-order valence-corrected chi connectivity index (χ4v) is 3.60. The number of benzene rings is 1. The lowest BCUT2D eigenvalue weighted by molar-refractivity contribution is -0.140. The van der Waals surface area contributed by atoms with Gasteiger partial charge < -0.3 is 10.1 Å². The number of aryl methyl sites for hydroxylation is 1. The van der Waals surface area contributed by atoms with Crippen molar-refractivity contribution in [3.63, 3.8) is 0 Å². The van der Waals surface area contributed by atoms with Crippen molar-refractivity contribution in [2.45, 2.75) is 24.9 Å². The second-order valence-corrected chi connectivity index (χ2v) is 6.62. The smallest absolute Gasteiger partial charge is 0.396 e. The third-order valence-electron chi connectivity index (χ3n) is 5.01. The molecule has 0 aliphatic heterocycles. The molecule has 140 valence electrons. The lowest BCUT2D eigenvalue weighted by Crippen LogP contribution is -2.24. The number of hydrogen-bond acceptors (Lipinski definition) is 4. The Morgan fingerprint density at radius 1 is 1.26 bits per heavy atom. The molecule has 2 heterocycles. The number of nitrogens with one attached hydrogen (secondary N) is 1. The number of fused-ring (bicyclic) bond motifs is 2. The quantitative estimate of drug-likeness (QED) is 0.680. The van der Waals surface area contributed by atoms with Crippen molar-refractivity contribution < 1.29 is 18.3 Å². The Morgan fingerprint density at radius 2 is 2.07 bits per heavy atom. The number of aliphatic hydroxyl groups excluding tert-OH is 1. The highest BCUT2D eigenvalue weighted by atomic mass is 19.4. The highest BCUT2D eigenvalue weighted by molar-refractivity contribution is 5.88. The minimum Gasteiger partial charge on any atom is -0.396 e. The highest BCUT2D eigenvalue weighted by Gasteiger charge is 2.33. The first-order valence-corrected chi connectivity index (χ1v) is 8.61. The normalized spacial score (nSPS) is 20.3. The first-order chi connectivity index (χ1) is 13.0. The summed E-state index contributed by atoms with van der Waals surface area (Å²) in [5.74, 6) is 0.0652. The minimum absolute atomic E-state index is 0.0120. The van der Waals surface area contributed by atoms with Crippen LogP contribution in [0.4, 0.5) is 19.0 Å². The van der Waals surface area contributed by atoms with E-state index in [2.05, 4.69) is 26.0 Å². The van der Waals surface area contributed by atoms with Gasteiger partial charge in [0.15, 0.2) is 5.82 Å². The third-order valence-corrected chi connectivity index (χ3v) is 5.01. The van der Waals surface area contributed by atoms with Gasteiger partial charge in [-0.3, -0.25) is 0 Å². The molecule has 1 aliphatic carbocycles. The van der Waals surface area contributed by atoms with E-state index in [0.29, 0.717) is 0 Å². The fraction of sp³-hybridized carbons (Fsp3) is 0.316. The van der Waals surface area contributed by atoms with Crippen molar-refractivity contribution in [2.75, 3.05) is 6.61 Å². The second kappa shape index (κ2) is 6.77. The van der Waals surface area contributed by atoms with Crippen molar-refractivity contribution in [3.8, 4) is 0 Å². The first kappa shape index (κ1) is 17.7. The van der Waals surface area contributed by atoms with Gasteiger partial charge in [0.2, 0.25) is 0 Å². The van der Waals surface area contributed by atoms with Crippen LogP contribution in [0, 0.1) is 5.92 Å². The average molecular weight is 374 g/mol. The van der Waals surface area contributed by atoms with Crippen LogP contribution in [-0.4, -0.2) is 32.9 Å². The van der Waals surface area contributed by atoms with Crippen LogP contribution < -0.4 is 0 Å². The van der Waals surface area contributed by atoms with Crippen LogP contribution in [0.3, 0.4) is 0 Å². The molecule has 2 aromatic heterocycles. The zero-order valence-corrected chi connectivity index (χ0v) is 14.2. The molecule has 0 saturated heterocycles. The van der Waals surface area contributed by atoms with E-state index in [-0.39, 0.29) is 35.3 Å². The molecular formula is C19H17F3N4O. The summed E-state index contributed by atoms with van der Waals surface area (Å²) in [7, 11) is 0. The minimum atomic E-state index is -4.49. The van der Waals surface area contributed by atoms with Crippen LogP contribution in [0.2, 0.25) is 0 Å². The zero-order chi connectivity index (χ0) is 19.0. The molecule has 4 rings (SSSR count). The molecule has 0 amide bonds. The van der Waals surface area contributed by atoms with Gasteiger partial charge in [-0.2, -0.15) is 13.2 Å². The summed E-state index contributed by atoms with van der Waals surface area (Å²) < 4.78 is 38.9. The van der Waals surface area contributed by atoms with Gasteiger partial charge in [-0.15, -0.1) is 0 Å². The van der Waals surface area contributed by atoms with Crippen LogP contribution in [0.5, 0.6) is 0 Å². The molecule has 0 fully saturated rings. The third kappa shape index (κ3) is 3.32. The van der Waals surface area contributed by atoms with Gasteiger partial charge in [-0.25, -0.2) is 15.0 Å². The maximum absolute atomic E-state index is 13.0. The van der Waals surface area contributed by atoms with Crippen LogP contribution in [0.1, 0.15) is 29.2 Å². The lowest BCUT2D eigenvalue weighted by atomic mass is 9.76. The molecule has 1 aromatic carbocycles. The van der Waals surface area contributed by atoms with E-state index in [1.54, 1.807) is 6.21 Å². The van der Waals surface area contributed by atoms with E-state index >= 15 is 0 Å². The van der Waals surface area contributed by atoms with Gasteiger partial charge in [0.1, 0.15) is 17.7 Å². The predicted octanol–water partition coefficient (Wildman–Crippen LogP) is 4.02. The predicted molar refractivity (Wildman–Crippen MR) is 95.1 cm³/mol. The maximum atomic E-state index is 13.0. The number of H-pyrrole nitrogens is 1. The molecule has 27 heavy (non-hydrogen) atoms. The number of alkyl halides is 3. The lowest BCUT2D eigenvalue weighted by Gasteiger charge is -2.30.